The Hall–Kier alpha value is -3.16. The van der Waals surface area contributed by atoms with Crippen LogP contribution in [0.3, 0.4) is 0 Å². The number of hydrogen-bond acceptors (Lipinski definition) is 7. The van der Waals surface area contributed by atoms with E-state index in [0.29, 0.717) is 29.3 Å². The zero-order valence-electron chi connectivity index (χ0n) is 21.6. The first-order valence-corrected chi connectivity index (χ1v) is 13.3. The SMILES string of the molecule is COC(=O)CC1(C)CN(c2nc(Nc3cc4c5c(c3)CN(C)CC5CCC4)ncc2Cl)c2ccccc21. The molecule has 3 aliphatic rings. The molecule has 0 bridgehead atoms. The molecule has 0 fully saturated rings. The van der Waals surface area contributed by atoms with Crippen molar-refractivity contribution in [1.29, 1.82) is 0 Å². The lowest BCUT2D eigenvalue weighted by molar-refractivity contribution is -0.141. The van der Waals surface area contributed by atoms with Crippen molar-refractivity contribution in [2.75, 3.05) is 37.5 Å². The van der Waals surface area contributed by atoms with Crippen LogP contribution in [0.2, 0.25) is 5.02 Å². The molecule has 1 aliphatic carbocycles. The molecule has 7 nitrogen and oxygen atoms in total. The van der Waals surface area contributed by atoms with Crippen molar-refractivity contribution in [2.24, 2.45) is 0 Å². The smallest absolute Gasteiger partial charge is 0.306 e. The van der Waals surface area contributed by atoms with Crippen LogP contribution in [0.15, 0.2) is 42.6 Å². The van der Waals surface area contributed by atoms with Gasteiger partial charge in [-0.05, 0) is 72.7 Å². The lowest BCUT2D eigenvalue weighted by Gasteiger charge is -2.37. The van der Waals surface area contributed by atoms with Crippen LogP contribution < -0.4 is 10.2 Å². The van der Waals surface area contributed by atoms with E-state index in [-0.39, 0.29) is 12.4 Å². The number of para-hydroxylation sites is 1. The maximum absolute atomic E-state index is 12.2. The van der Waals surface area contributed by atoms with E-state index in [9.17, 15) is 4.79 Å². The number of likely N-dealkylation sites (N-methyl/N-ethyl adjacent to an activating group) is 1. The second-order valence-electron chi connectivity index (χ2n) is 10.9. The molecule has 0 saturated heterocycles. The highest BCUT2D eigenvalue weighted by Crippen LogP contribution is 2.47. The molecule has 2 aromatic carbocycles. The highest BCUT2D eigenvalue weighted by molar-refractivity contribution is 6.33. The largest absolute Gasteiger partial charge is 0.469 e. The number of methoxy groups -OCH3 is 1. The number of nitrogens with one attached hydrogen (secondary N) is 1. The molecule has 0 saturated carbocycles. The zero-order valence-corrected chi connectivity index (χ0v) is 22.3. The van der Waals surface area contributed by atoms with Crippen LogP contribution in [0, 0.1) is 0 Å². The van der Waals surface area contributed by atoms with Gasteiger partial charge in [-0.15, -0.1) is 0 Å². The van der Waals surface area contributed by atoms with E-state index in [0.717, 1.165) is 36.4 Å². The van der Waals surface area contributed by atoms with E-state index in [1.54, 1.807) is 11.8 Å². The Morgan fingerprint density at radius 3 is 2.92 bits per heavy atom. The van der Waals surface area contributed by atoms with Gasteiger partial charge in [0, 0.05) is 36.4 Å². The molecule has 2 unspecified atom stereocenters. The molecular formula is C29H32ClN5O2. The Labute approximate surface area is 222 Å². The molecule has 0 radical (unpaired) electrons. The normalized spacial score (nSPS) is 22.4. The highest BCUT2D eigenvalue weighted by atomic mass is 35.5. The Balaban J connectivity index is 1.33. The number of anilines is 4. The summed E-state index contributed by atoms with van der Waals surface area (Å²) in [5.74, 6) is 1.53. The number of aromatic nitrogens is 2. The van der Waals surface area contributed by atoms with Gasteiger partial charge in [-0.1, -0.05) is 36.7 Å². The van der Waals surface area contributed by atoms with Crippen molar-refractivity contribution >= 4 is 40.7 Å². The van der Waals surface area contributed by atoms with Crippen molar-refractivity contribution in [1.82, 2.24) is 14.9 Å². The number of hydrogen-bond donors (Lipinski definition) is 1. The predicted molar refractivity (Wildman–Crippen MR) is 146 cm³/mol. The molecule has 3 heterocycles. The molecule has 8 heteroatoms. The van der Waals surface area contributed by atoms with Crippen molar-refractivity contribution in [3.05, 3.63) is 69.9 Å². The maximum atomic E-state index is 12.2. The van der Waals surface area contributed by atoms with Gasteiger partial charge in [0.15, 0.2) is 5.82 Å². The molecule has 1 N–H and O–H groups in total. The van der Waals surface area contributed by atoms with Crippen LogP contribution in [0.4, 0.5) is 23.1 Å². The fraction of sp³-hybridized carbons (Fsp3) is 0.414. The van der Waals surface area contributed by atoms with Gasteiger partial charge in [0.05, 0.1) is 19.7 Å². The number of carbonyl (C=O) groups is 1. The number of benzene rings is 2. The summed E-state index contributed by atoms with van der Waals surface area (Å²) in [6.45, 7) is 4.75. The number of ether oxygens (including phenoxy) is 1. The molecule has 0 amide bonds. The first-order valence-electron chi connectivity index (χ1n) is 12.9. The van der Waals surface area contributed by atoms with Gasteiger partial charge in [-0.3, -0.25) is 4.79 Å². The lowest BCUT2D eigenvalue weighted by atomic mass is 9.77. The van der Waals surface area contributed by atoms with Gasteiger partial charge in [-0.25, -0.2) is 4.98 Å². The average Bonchev–Trinajstić information content (AvgIpc) is 3.17. The van der Waals surface area contributed by atoms with Crippen LogP contribution in [-0.2, 0) is 27.9 Å². The third kappa shape index (κ3) is 4.34. The average molecular weight is 518 g/mol. The molecule has 1 aromatic heterocycles. The molecular weight excluding hydrogens is 486 g/mol. The third-order valence-electron chi connectivity index (χ3n) is 8.08. The van der Waals surface area contributed by atoms with Crippen LogP contribution in [0.1, 0.15) is 54.4 Å². The summed E-state index contributed by atoms with van der Waals surface area (Å²) in [4.78, 5) is 26.1. The molecule has 192 valence electrons. The monoisotopic (exact) mass is 517 g/mol. The summed E-state index contributed by atoms with van der Waals surface area (Å²) in [5, 5.41) is 3.92. The summed E-state index contributed by atoms with van der Waals surface area (Å²) in [6.07, 6.45) is 5.55. The molecule has 2 aliphatic heterocycles. The summed E-state index contributed by atoms with van der Waals surface area (Å²) in [5.41, 5.74) is 7.08. The Morgan fingerprint density at radius 2 is 2.08 bits per heavy atom. The minimum atomic E-state index is -0.421. The number of rotatable bonds is 5. The minimum absolute atomic E-state index is 0.237. The van der Waals surface area contributed by atoms with E-state index in [4.69, 9.17) is 21.3 Å². The quantitative estimate of drug-likeness (QED) is 0.434. The Kier molecular flexibility index (Phi) is 6.08. The highest BCUT2D eigenvalue weighted by Gasteiger charge is 2.42. The van der Waals surface area contributed by atoms with E-state index >= 15 is 0 Å². The van der Waals surface area contributed by atoms with Crippen molar-refractivity contribution in [3.63, 3.8) is 0 Å². The fourth-order valence-corrected chi connectivity index (χ4v) is 6.71. The molecule has 0 spiro atoms. The van der Waals surface area contributed by atoms with Gasteiger partial charge < -0.3 is 19.9 Å². The third-order valence-corrected chi connectivity index (χ3v) is 8.35. The minimum Gasteiger partial charge on any atom is -0.469 e. The van der Waals surface area contributed by atoms with E-state index in [1.165, 1.54) is 31.1 Å². The number of esters is 1. The lowest BCUT2D eigenvalue weighted by Crippen LogP contribution is -2.33. The summed E-state index contributed by atoms with van der Waals surface area (Å²) in [6, 6.07) is 12.6. The van der Waals surface area contributed by atoms with Gasteiger partial charge in [-0.2, -0.15) is 4.98 Å². The van der Waals surface area contributed by atoms with Crippen LogP contribution in [0.5, 0.6) is 0 Å². The molecule has 2 atom stereocenters. The number of aryl methyl sites for hydroxylation is 1. The Morgan fingerprint density at radius 1 is 1.27 bits per heavy atom. The van der Waals surface area contributed by atoms with Crippen LogP contribution >= 0.6 is 11.6 Å². The zero-order chi connectivity index (χ0) is 25.7. The second kappa shape index (κ2) is 9.30. The Bertz CT molecular complexity index is 1380. The number of carbonyl (C=O) groups excluding carboxylic acids is 1. The molecule has 6 rings (SSSR count). The standard InChI is InChI=1S/C29H32ClN5O2/c1-29(13-25(36)37-3)17-35(24-10-5-4-9-22(24)29)27-23(30)14-31-28(33-27)32-21-11-18-7-6-8-19-15-34(2)16-20(12-21)26(18)19/h4-5,9-12,14,19H,6-8,13,15-17H2,1-3H3,(H,31,32,33). The molecule has 37 heavy (non-hydrogen) atoms. The van der Waals surface area contributed by atoms with E-state index in [2.05, 4.69) is 52.3 Å². The number of nitrogens with zero attached hydrogens (tertiary/aromatic N) is 4. The first kappa shape index (κ1) is 24.2. The van der Waals surface area contributed by atoms with Crippen LogP contribution in [0.25, 0.3) is 0 Å². The van der Waals surface area contributed by atoms with Crippen molar-refractivity contribution < 1.29 is 9.53 Å². The van der Waals surface area contributed by atoms with E-state index in [1.807, 2.05) is 18.2 Å². The van der Waals surface area contributed by atoms with Crippen molar-refractivity contribution in [2.45, 2.75) is 50.5 Å². The fourth-order valence-electron chi connectivity index (χ4n) is 6.52. The first-order chi connectivity index (χ1) is 17.8. The molecule has 3 aromatic rings. The number of halogens is 1. The van der Waals surface area contributed by atoms with Gasteiger partial charge in [0.1, 0.15) is 5.02 Å². The van der Waals surface area contributed by atoms with Gasteiger partial charge in [0.2, 0.25) is 5.95 Å². The predicted octanol–water partition coefficient (Wildman–Crippen LogP) is 5.71. The van der Waals surface area contributed by atoms with E-state index < -0.39 is 5.41 Å². The second-order valence-corrected chi connectivity index (χ2v) is 11.3. The summed E-state index contributed by atoms with van der Waals surface area (Å²) in [7, 11) is 3.63. The van der Waals surface area contributed by atoms with Crippen LogP contribution in [-0.4, -0.2) is 48.1 Å². The summed E-state index contributed by atoms with van der Waals surface area (Å²) >= 11 is 6.66. The van der Waals surface area contributed by atoms with Gasteiger partial charge >= 0.3 is 5.97 Å². The van der Waals surface area contributed by atoms with Crippen molar-refractivity contribution in [3.8, 4) is 0 Å². The van der Waals surface area contributed by atoms with Gasteiger partial charge in [0.25, 0.3) is 0 Å². The summed E-state index contributed by atoms with van der Waals surface area (Å²) < 4.78 is 5.00. The topological polar surface area (TPSA) is 70.6 Å². The maximum Gasteiger partial charge on any atom is 0.306 e. The number of fused-ring (bicyclic) bond motifs is 1.